The van der Waals surface area contributed by atoms with Crippen LogP contribution in [-0.4, -0.2) is 13.2 Å². The van der Waals surface area contributed by atoms with Gasteiger partial charge in [-0.2, -0.15) is 9.46 Å². The Hall–Kier alpha value is -0.270. The number of hydrogen-bond acceptors (Lipinski definition) is 4. The van der Waals surface area contributed by atoms with Gasteiger partial charge in [0.15, 0.2) is 0 Å². The Balaban J connectivity index is 3.74. The van der Waals surface area contributed by atoms with E-state index in [0.29, 0.717) is 5.92 Å². The van der Waals surface area contributed by atoms with Crippen molar-refractivity contribution in [2.45, 2.75) is 46.5 Å². The maximum atomic E-state index is 13.6. The van der Waals surface area contributed by atoms with E-state index < -0.39 is 6.80 Å². The zero-order chi connectivity index (χ0) is 14.7. The molecule has 19 heavy (non-hydrogen) atoms. The van der Waals surface area contributed by atoms with Gasteiger partial charge >= 0.3 is 6.80 Å². The summed E-state index contributed by atoms with van der Waals surface area (Å²) in [4.78, 5) is 0. The molecule has 0 amide bonds. The van der Waals surface area contributed by atoms with Gasteiger partial charge in [0.2, 0.25) is 0 Å². The molecule has 0 aromatic heterocycles. The number of halogens is 1. The largest absolute Gasteiger partial charge is 0.365 e. The van der Waals surface area contributed by atoms with Gasteiger partial charge < -0.3 is 9.05 Å². The second kappa shape index (κ2) is 10.5. The summed E-state index contributed by atoms with van der Waals surface area (Å²) in [5.74, 6) is 0.463. The van der Waals surface area contributed by atoms with Crippen molar-refractivity contribution in [2.75, 3.05) is 13.2 Å². The molecule has 0 aliphatic heterocycles. The van der Waals surface area contributed by atoms with Crippen molar-refractivity contribution >= 4 is 18.6 Å². The Kier molecular flexibility index (Phi) is 10.4. The van der Waals surface area contributed by atoms with Gasteiger partial charge in [-0.15, -0.1) is 0 Å². The third-order valence-electron chi connectivity index (χ3n) is 2.53. The molecule has 0 rings (SSSR count). The van der Waals surface area contributed by atoms with Crippen LogP contribution in [-0.2, 0) is 20.9 Å². The van der Waals surface area contributed by atoms with Crippen LogP contribution in [0.4, 0.5) is 4.20 Å². The molecule has 6 heteroatoms. The second-order valence-corrected chi connectivity index (χ2v) is 7.44. The third kappa shape index (κ3) is 12.5. The van der Waals surface area contributed by atoms with Gasteiger partial charge in [-0.05, 0) is 50.8 Å². The van der Waals surface area contributed by atoms with Crippen LogP contribution in [0.15, 0.2) is 11.6 Å². The molecule has 0 aromatic carbocycles. The Labute approximate surface area is 121 Å². The summed E-state index contributed by atoms with van der Waals surface area (Å²) in [7, 11) is 0. The molecule has 0 spiro atoms. The van der Waals surface area contributed by atoms with E-state index in [9.17, 15) is 4.20 Å². The first-order valence-corrected chi connectivity index (χ1v) is 8.99. The zero-order valence-electron chi connectivity index (χ0n) is 11.9. The van der Waals surface area contributed by atoms with Crippen LogP contribution in [0.1, 0.15) is 46.5 Å². The molecule has 110 valence electrons. The van der Waals surface area contributed by atoms with Gasteiger partial charge in [-0.1, -0.05) is 18.6 Å². The van der Waals surface area contributed by atoms with Gasteiger partial charge in [0.25, 0.3) is 0 Å². The van der Waals surface area contributed by atoms with Gasteiger partial charge in [-0.3, -0.25) is 0 Å². The van der Waals surface area contributed by atoms with Crippen LogP contribution < -0.4 is 0 Å². The van der Waals surface area contributed by atoms with Crippen molar-refractivity contribution in [3.8, 4) is 6.07 Å². The lowest BCUT2D eigenvalue weighted by Crippen LogP contribution is -2.01. The maximum absolute atomic E-state index is 13.6. The summed E-state index contributed by atoms with van der Waals surface area (Å²) < 4.78 is 23.3. The third-order valence-corrected chi connectivity index (χ3v) is 4.14. The van der Waals surface area contributed by atoms with E-state index in [1.165, 1.54) is 5.57 Å². The average Bonchev–Trinajstić information content (AvgIpc) is 2.28. The average molecular weight is 307 g/mol. The van der Waals surface area contributed by atoms with E-state index >= 15 is 0 Å². The smallest absolute Gasteiger partial charge is 0.306 e. The van der Waals surface area contributed by atoms with Crippen molar-refractivity contribution in [3.63, 3.8) is 0 Å². The minimum atomic E-state index is -3.65. The van der Waals surface area contributed by atoms with Crippen molar-refractivity contribution < 1.29 is 13.2 Å². The molecular weight excluding hydrogens is 284 g/mol. The van der Waals surface area contributed by atoms with Crippen LogP contribution in [0.25, 0.3) is 0 Å². The summed E-state index contributed by atoms with van der Waals surface area (Å²) in [6, 6.07) is 1.87. The monoisotopic (exact) mass is 307 g/mol. The minimum absolute atomic E-state index is 0.000400. The van der Waals surface area contributed by atoms with Crippen LogP contribution in [0.3, 0.4) is 0 Å². The standard InChI is InChI=1S/C13H23FNO2PS/c1-12(2)6-4-7-13(3)8-11-17-18(14,19)16-10-5-9-15/h6,13H,4-5,7-8,10-11H2,1-3H3. The lowest BCUT2D eigenvalue weighted by atomic mass is 10.0. The van der Waals surface area contributed by atoms with Crippen molar-refractivity contribution in [2.24, 2.45) is 5.92 Å². The van der Waals surface area contributed by atoms with Crippen molar-refractivity contribution in [1.29, 1.82) is 5.26 Å². The van der Waals surface area contributed by atoms with E-state index in [1.54, 1.807) is 0 Å². The first kappa shape index (κ1) is 18.7. The summed E-state index contributed by atoms with van der Waals surface area (Å²) >= 11 is 4.61. The summed E-state index contributed by atoms with van der Waals surface area (Å²) in [6.45, 7) is 2.89. The Morgan fingerprint density at radius 2 is 2.00 bits per heavy atom. The zero-order valence-corrected chi connectivity index (χ0v) is 13.6. The number of allylic oxidation sites excluding steroid dienone is 2. The van der Waals surface area contributed by atoms with Crippen molar-refractivity contribution in [3.05, 3.63) is 11.6 Å². The van der Waals surface area contributed by atoms with E-state index in [4.69, 9.17) is 14.3 Å². The SMILES string of the molecule is CC(C)=CCCC(C)CCOP(F)(=S)OCCC#N. The van der Waals surface area contributed by atoms with Gasteiger partial charge in [-0.25, -0.2) is 0 Å². The van der Waals surface area contributed by atoms with E-state index in [1.807, 2.05) is 6.07 Å². The lowest BCUT2D eigenvalue weighted by Gasteiger charge is -2.15. The molecule has 2 atom stereocenters. The van der Waals surface area contributed by atoms with E-state index in [-0.39, 0.29) is 19.6 Å². The van der Waals surface area contributed by atoms with Crippen molar-refractivity contribution in [1.82, 2.24) is 0 Å². The first-order chi connectivity index (χ1) is 8.87. The highest BCUT2D eigenvalue weighted by molar-refractivity contribution is 8.07. The highest BCUT2D eigenvalue weighted by Gasteiger charge is 2.17. The molecular formula is C13H23FNO2PS. The number of rotatable bonds is 10. The predicted molar refractivity (Wildman–Crippen MR) is 80.0 cm³/mol. The summed E-state index contributed by atoms with van der Waals surface area (Å²) in [5, 5.41) is 8.31. The Morgan fingerprint density at radius 1 is 1.37 bits per heavy atom. The molecule has 0 aliphatic carbocycles. The minimum Gasteiger partial charge on any atom is -0.306 e. The highest BCUT2D eigenvalue weighted by Crippen LogP contribution is 2.50. The Morgan fingerprint density at radius 3 is 2.58 bits per heavy atom. The van der Waals surface area contributed by atoms with E-state index in [0.717, 1.165) is 19.3 Å². The molecule has 0 heterocycles. The molecule has 0 radical (unpaired) electrons. The molecule has 0 aromatic rings. The fourth-order valence-corrected chi connectivity index (χ4v) is 2.56. The lowest BCUT2D eigenvalue weighted by molar-refractivity contribution is 0.211. The maximum Gasteiger partial charge on any atom is 0.365 e. The number of hydrogen-bond donors (Lipinski definition) is 0. The fourth-order valence-electron chi connectivity index (χ4n) is 1.40. The summed E-state index contributed by atoms with van der Waals surface area (Å²) in [6.07, 6.45) is 5.18. The quantitative estimate of drug-likeness (QED) is 0.327. The molecule has 0 bridgehead atoms. The first-order valence-electron chi connectivity index (χ1n) is 6.46. The normalized spacial score (nSPS) is 15.3. The second-order valence-electron chi connectivity index (χ2n) is 4.76. The predicted octanol–water partition coefficient (Wildman–Crippen LogP) is 4.90. The van der Waals surface area contributed by atoms with Gasteiger partial charge in [0.1, 0.15) is 0 Å². The molecule has 0 aliphatic rings. The van der Waals surface area contributed by atoms with Gasteiger partial charge in [0, 0.05) is 0 Å². The molecule has 0 saturated carbocycles. The summed E-state index contributed by atoms with van der Waals surface area (Å²) in [5.41, 5.74) is 1.31. The highest BCUT2D eigenvalue weighted by atomic mass is 32.5. The fraction of sp³-hybridized carbons (Fsp3) is 0.769. The molecule has 0 fully saturated rings. The van der Waals surface area contributed by atoms with Crippen LogP contribution in [0.2, 0.25) is 0 Å². The number of nitriles is 1. The molecule has 3 nitrogen and oxygen atoms in total. The molecule has 0 saturated heterocycles. The van der Waals surface area contributed by atoms with Gasteiger partial charge in [0.05, 0.1) is 25.7 Å². The van der Waals surface area contributed by atoms with Crippen LogP contribution in [0.5, 0.6) is 0 Å². The number of nitrogens with zero attached hydrogens (tertiary/aromatic N) is 1. The molecule has 2 unspecified atom stereocenters. The van der Waals surface area contributed by atoms with Crippen LogP contribution in [0, 0.1) is 17.2 Å². The Bertz CT molecular complexity index is 364. The topological polar surface area (TPSA) is 42.2 Å². The van der Waals surface area contributed by atoms with E-state index in [2.05, 4.69) is 38.7 Å². The molecule has 0 N–H and O–H groups in total. The van der Waals surface area contributed by atoms with Crippen LogP contribution >= 0.6 is 6.80 Å².